The summed E-state index contributed by atoms with van der Waals surface area (Å²) in [4.78, 5) is 29.1. The summed E-state index contributed by atoms with van der Waals surface area (Å²) in [5, 5.41) is 2.66. The van der Waals surface area contributed by atoms with Crippen LogP contribution in [0.25, 0.3) is 0 Å². The molecule has 0 unspecified atom stereocenters. The van der Waals surface area contributed by atoms with Crippen molar-refractivity contribution in [1.82, 2.24) is 15.1 Å². The molecule has 1 aromatic carbocycles. The number of hydrogen-bond donors (Lipinski definition) is 1. The molecule has 2 bridgehead atoms. The number of carbonyl (C=O) groups is 2. The lowest BCUT2D eigenvalue weighted by Crippen LogP contribution is -2.61. The van der Waals surface area contributed by atoms with Gasteiger partial charge < -0.3 is 10.2 Å². The highest BCUT2D eigenvalue weighted by Gasteiger charge is 2.55. The lowest BCUT2D eigenvalue weighted by molar-refractivity contribution is -0.149. The summed E-state index contributed by atoms with van der Waals surface area (Å²) in [6.07, 6.45) is 1.93. The number of piperidine rings is 3. The molecule has 146 valence electrons. The Bertz CT molecular complexity index is 762. The molecule has 7 heteroatoms. The topological polar surface area (TPSA) is 52.7 Å². The quantitative estimate of drug-likeness (QED) is 0.801. The van der Waals surface area contributed by atoms with E-state index in [1.54, 1.807) is 24.8 Å². The van der Waals surface area contributed by atoms with Crippen LogP contribution in [0.3, 0.4) is 0 Å². The highest BCUT2D eigenvalue weighted by molar-refractivity contribution is 6.35. The molecular weight excluding hydrogens is 352 g/mol. The van der Waals surface area contributed by atoms with Crippen LogP contribution in [0.5, 0.6) is 0 Å². The zero-order chi connectivity index (χ0) is 19.3. The van der Waals surface area contributed by atoms with Crippen molar-refractivity contribution in [3.05, 3.63) is 35.4 Å². The summed E-state index contributed by atoms with van der Waals surface area (Å²) in [6.45, 7) is 5.65. The van der Waals surface area contributed by atoms with Crippen molar-refractivity contribution in [3.8, 4) is 0 Å². The van der Waals surface area contributed by atoms with Crippen molar-refractivity contribution in [2.45, 2.75) is 50.7 Å². The van der Waals surface area contributed by atoms with Crippen molar-refractivity contribution in [1.29, 1.82) is 0 Å². The van der Waals surface area contributed by atoms with Crippen LogP contribution in [0, 0.1) is 17.6 Å². The third-order valence-electron chi connectivity index (χ3n) is 6.25. The van der Waals surface area contributed by atoms with Gasteiger partial charge in [0.05, 0.1) is 6.04 Å². The predicted molar refractivity (Wildman–Crippen MR) is 96.0 cm³/mol. The summed E-state index contributed by atoms with van der Waals surface area (Å²) in [5.41, 5.74) is 0.303. The van der Waals surface area contributed by atoms with E-state index < -0.39 is 23.4 Å². The minimum absolute atomic E-state index is 0.0652. The molecule has 27 heavy (non-hydrogen) atoms. The van der Waals surface area contributed by atoms with Crippen LogP contribution < -0.4 is 5.32 Å². The summed E-state index contributed by atoms with van der Waals surface area (Å²) >= 11 is 0. The summed E-state index contributed by atoms with van der Waals surface area (Å²) < 4.78 is 28.4. The third-order valence-corrected chi connectivity index (χ3v) is 6.25. The van der Waals surface area contributed by atoms with Crippen molar-refractivity contribution >= 4 is 11.8 Å². The van der Waals surface area contributed by atoms with Crippen LogP contribution in [0.1, 0.15) is 38.2 Å². The van der Waals surface area contributed by atoms with Gasteiger partial charge in [-0.1, -0.05) is 12.1 Å². The maximum Gasteiger partial charge on any atom is 0.312 e. The lowest BCUT2D eigenvalue weighted by atomic mass is 9.75. The maximum absolute atomic E-state index is 14.5. The minimum atomic E-state index is -0.873. The minimum Gasteiger partial charge on any atom is -0.346 e. The average Bonchev–Trinajstić information content (AvgIpc) is 3.06. The first-order valence-corrected chi connectivity index (χ1v) is 9.68. The number of amides is 2. The molecule has 3 atom stereocenters. The van der Waals surface area contributed by atoms with Crippen molar-refractivity contribution < 1.29 is 18.4 Å². The molecule has 4 saturated heterocycles. The van der Waals surface area contributed by atoms with Gasteiger partial charge in [0.1, 0.15) is 0 Å². The number of hydrogen-bond acceptors (Lipinski definition) is 3. The Morgan fingerprint density at radius 1 is 1.15 bits per heavy atom. The summed E-state index contributed by atoms with van der Waals surface area (Å²) in [5.74, 6) is -2.93. The van der Waals surface area contributed by atoms with Gasteiger partial charge in [0.2, 0.25) is 0 Å². The highest BCUT2D eigenvalue weighted by atomic mass is 19.2. The van der Waals surface area contributed by atoms with Gasteiger partial charge in [-0.2, -0.15) is 0 Å². The zero-order valence-corrected chi connectivity index (χ0v) is 15.6. The van der Waals surface area contributed by atoms with E-state index in [1.165, 1.54) is 6.07 Å². The standard InChI is InChI=1S/C20H25F2N3O2/c1-11(2)23-19(26)20(27)25-10-14(13-4-3-5-15(21)16(13)22)18-17(25)12-6-8-24(18)9-7-12/h3-5,11-12,14,17-18H,6-10H2,1-2H3,(H,23,26)/t14-,17+,18+/m0/s1. The molecule has 0 aliphatic carbocycles. The second-order valence-electron chi connectivity index (χ2n) is 8.19. The summed E-state index contributed by atoms with van der Waals surface area (Å²) in [7, 11) is 0. The Morgan fingerprint density at radius 2 is 1.85 bits per heavy atom. The Hall–Kier alpha value is -2.02. The molecular formula is C20H25F2N3O2. The number of halogens is 2. The lowest BCUT2D eigenvalue weighted by Gasteiger charge is -2.51. The van der Waals surface area contributed by atoms with E-state index >= 15 is 0 Å². The number of fused-ring (bicyclic) bond motifs is 2. The molecule has 0 saturated carbocycles. The van der Waals surface area contributed by atoms with Gasteiger partial charge in [-0.25, -0.2) is 8.78 Å². The van der Waals surface area contributed by atoms with Crippen LogP contribution in [-0.4, -0.2) is 59.4 Å². The fourth-order valence-electron chi connectivity index (χ4n) is 5.19. The van der Waals surface area contributed by atoms with Crippen molar-refractivity contribution in [3.63, 3.8) is 0 Å². The normalized spacial score (nSPS) is 31.9. The van der Waals surface area contributed by atoms with Gasteiger partial charge >= 0.3 is 11.8 Å². The van der Waals surface area contributed by atoms with Crippen molar-refractivity contribution in [2.24, 2.45) is 5.92 Å². The largest absolute Gasteiger partial charge is 0.346 e. The van der Waals surface area contributed by atoms with Crippen LogP contribution in [-0.2, 0) is 9.59 Å². The Labute approximate surface area is 157 Å². The molecule has 4 heterocycles. The molecule has 2 amide bonds. The molecule has 4 fully saturated rings. The third kappa shape index (κ3) is 3.02. The van der Waals surface area contributed by atoms with Crippen LogP contribution >= 0.6 is 0 Å². The van der Waals surface area contributed by atoms with Crippen LogP contribution in [0.2, 0.25) is 0 Å². The maximum atomic E-state index is 14.5. The Kier molecular flexibility index (Phi) is 4.66. The second kappa shape index (κ2) is 6.86. The van der Waals surface area contributed by atoms with Gasteiger partial charge in [-0.05, 0) is 57.3 Å². The predicted octanol–water partition coefficient (Wildman–Crippen LogP) is 1.88. The number of nitrogens with zero attached hydrogens (tertiary/aromatic N) is 2. The zero-order valence-electron chi connectivity index (χ0n) is 15.6. The molecule has 1 N–H and O–H groups in total. The number of rotatable bonds is 2. The van der Waals surface area contributed by atoms with Crippen LogP contribution in [0.15, 0.2) is 18.2 Å². The Morgan fingerprint density at radius 3 is 2.52 bits per heavy atom. The van der Waals surface area contributed by atoms with Crippen molar-refractivity contribution in [2.75, 3.05) is 19.6 Å². The monoisotopic (exact) mass is 377 g/mol. The van der Waals surface area contributed by atoms with Crippen LogP contribution in [0.4, 0.5) is 8.78 Å². The molecule has 4 aliphatic rings. The second-order valence-corrected chi connectivity index (χ2v) is 8.19. The van der Waals surface area contributed by atoms with E-state index in [-0.39, 0.29) is 30.6 Å². The summed E-state index contributed by atoms with van der Waals surface area (Å²) in [6, 6.07) is 3.90. The molecule has 5 rings (SSSR count). The highest BCUT2D eigenvalue weighted by Crippen LogP contribution is 2.47. The molecule has 0 aromatic heterocycles. The molecule has 0 spiro atoms. The first-order chi connectivity index (χ1) is 12.9. The number of carbonyl (C=O) groups excluding carboxylic acids is 2. The molecule has 5 nitrogen and oxygen atoms in total. The average molecular weight is 377 g/mol. The number of benzene rings is 1. The smallest absolute Gasteiger partial charge is 0.312 e. The van der Waals surface area contributed by atoms with E-state index in [0.717, 1.165) is 32.0 Å². The van der Waals surface area contributed by atoms with E-state index in [4.69, 9.17) is 0 Å². The fourth-order valence-corrected chi connectivity index (χ4v) is 5.19. The SMILES string of the molecule is CC(C)NC(=O)C(=O)N1C[C@@H](c2cccc(F)c2F)[C@@H]2[C@H]1C1CCN2CC1. The van der Waals surface area contributed by atoms with E-state index in [9.17, 15) is 18.4 Å². The number of nitrogens with one attached hydrogen (secondary N) is 1. The molecule has 1 aromatic rings. The van der Waals surface area contributed by atoms with Gasteiger partial charge in [0.15, 0.2) is 11.6 Å². The van der Waals surface area contributed by atoms with Gasteiger partial charge in [-0.3, -0.25) is 14.5 Å². The molecule has 4 aliphatic heterocycles. The fraction of sp³-hybridized carbons (Fsp3) is 0.600. The number of likely N-dealkylation sites (tertiary alicyclic amines) is 1. The van der Waals surface area contributed by atoms with Gasteiger partial charge in [0, 0.05) is 24.5 Å². The first kappa shape index (κ1) is 18.3. The molecule has 0 radical (unpaired) electrons. The van der Waals surface area contributed by atoms with Gasteiger partial charge in [-0.15, -0.1) is 0 Å². The van der Waals surface area contributed by atoms with E-state index in [0.29, 0.717) is 11.5 Å². The van der Waals surface area contributed by atoms with E-state index in [2.05, 4.69) is 10.2 Å². The first-order valence-electron chi connectivity index (χ1n) is 9.68. The van der Waals surface area contributed by atoms with Gasteiger partial charge in [0.25, 0.3) is 0 Å². The Balaban J connectivity index is 1.69. The van der Waals surface area contributed by atoms with E-state index in [1.807, 2.05) is 0 Å².